The molecule has 0 spiro atoms. The van der Waals surface area contributed by atoms with Crippen LogP contribution in [0, 0.1) is 6.92 Å². The van der Waals surface area contributed by atoms with Crippen LogP contribution in [-0.2, 0) is 6.42 Å². The second kappa shape index (κ2) is 2.92. The molecule has 4 nitrogen and oxygen atoms in total. The minimum Gasteiger partial charge on any atom is -0.339 e. The predicted molar refractivity (Wildman–Crippen MR) is 41.4 cm³/mol. The van der Waals surface area contributed by atoms with Crippen molar-refractivity contribution in [2.24, 2.45) is 5.73 Å². The molecule has 0 aliphatic heterocycles. The molecule has 3 N–H and O–H groups in total. The van der Waals surface area contributed by atoms with Gasteiger partial charge in [0.05, 0.1) is 11.3 Å². The molecule has 11 heavy (non-hydrogen) atoms. The first-order valence-electron chi connectivity index (χ1n) is 3.53. The van der Waals surface area contributed by atoms with Gasteiger partial charge in [0.2, 0.25) is 0 Å². The van der Waals surface area contributed by atoms with Crippen molar-refractivity contribution < 1.29 is 4.52 Å². The van der Waals surface area contributed by atoms with Crippen molar-refractivity contribution in [2.75, 3.05) is 0 Å². The van der Waals surface area contributed by atoms with Crippen LogP contribution in [-0.4, -0.2) is 11.2 Å². The van der Waals surface area contributed by atoms with Crippen LogP contribution >= 0.6 is 0 Å². The van der Waals surface area contributed by atoms with E-state index in [0.29, 0.717) is 12.0 Å². The quantitative estimate of drug-likeness (QED) is 0.641. The van der Waals surface area contributed by atoms with Gasteiger partial charge >= 0.3 is 5.63 Å². The molecule has 0 saturated heterocycles. The summed E-state index contributed by atoms with van der Waals surface area (Å²) in [5.74, 6) is 0. The molecular weight excluding hydrogens is 144 g/mol. The molecule has 0 aliphatic rings. The van der Waals surface area contributed by atoms with E-state index < -0.39 is 0 Å². The van der Waals surface area contributed by atoms with Gasteiger partial charge in [0.1, 0.15) is 0 Å². The highest BCUT2D eigenvalue weighted by atomic mass is 16.5. The Balaban J connectivity index is 2.87. The normalized spacial score (nSPS) is 13.4. The van der Waals surface area contributed by atoms with Gasteiger partial charge in [-0.1, -0.05) is 0 Å². The molecule has 4 heteroatoms. The zero-order valence-electron chi connectivity index (χ0n) is 6.68. The van der Waals surface area contributed by atoms with Crippen LogP contribution in [0.15, 0.2) is 9.32 Å². The Morgan fingerprint density at radius 2 is 2.36 bits per heavy atom. The lowest BCUT2D eigenvalue weighted by atomic mass is 10.1. The predicted octanol–water partition coefficient (Wildman–Crippen LogP) is 0.166. The third-order valence-electron chi connectivity index (χ3n) is 1.55. The summed E-state index contributed by atoms with van der Waals surface area (Å²) >= 11 is 0. The highest BCUT2D eigenvalue weighted by Crippen LogP contribution is 2.01. The summed E-state index contributed by atoms with van der Waals surface area (Å²) in [6.45, 7) is 3.60. The second-order valence-electron chi connectivity index (χ2n) is 2.78. The smallest absolute Gasteiger partial charge is 0.339 e. The number of nitrogens with one attached hydrogen (secondary N) is 1. The monoisotopic (exact) mass is 156 g/mol. The molecule has 1 aromatic rings. The summed E-state index contributed by atoms with van der Waals surface area (Å²) in [5.41, 5.74) is 6.66. The van der Waals surface area contributed by atoms with E-state index in [1.165, 1.54) is 0 Å². The summed E-state index contributed by atoms with van der Waals surface area (Å²) in [6.07, 6.45) is 0.650. The number of rotatable bonds is 2. The van der Waals surface area contributed by atoms with Gasteiger partial charge in [-0.2, -0.15) is 0 Å². The molecule has 0 saturated carbocycles. The number of nitrogens with two attached hydrogens (primary N) is 1. The zero-order chi connectivity index (χ0) is 8.43. The van der Waals surface area contributed by atoms with Gasteiger partial charge in [-0.15, -0.1) is 0 Å². The van der Waals surface area contributed by atoms with Crippen LogP contribution < -0.4 is 11.4 Å². The Bertz CT molecular complexity index is 285. The van der Waals surface area contributed by atoms with E-state index in [4.69, 9.17) is 5.73 Å². The van der Waals surface area contributed by atoms with E-state index in [9.17, 15) is 4.79 Å². The molecule has 1 heterocycles. The Labute approximate surface area is 64.4 Å². The first-order valence-corrected chi connectivity index (χ1v) is 3.53. The molecule has 1 atom stereocenters. The number of H-pyrrole nitrogens is 1. The maximum Gasteiger partial charge on any atom is 0.360 e. The lowest BCUT2D eigenvalue weighted by Gasteiger charge is -2.00. The van der Waals surface area contributed by atoms with Crippen molar-refractivity contribution in [1.82, 2.24) is 5.16 Å². The fraction of sp³-hybridized carbons (Fsp3) is 0.571. The van der Waals surface area contributed by atoms with Gasteiger partial charge < -0.3 is 10.3 Å². The highest BCUT2D eigenvalue weighted by molar-refractivity contribution is 5.13. The van der Waals surface area contributed by atoms with Crippen molar-refractivity contribution in [2.45, 2.75) is 26.3 Å². The minimum absolute atomic E-state index is 0.0435. The van der Waals surface area contributed by atoms with Crippen LogP contribution in [0.2, 0.25) is 0 Å². The largest absolute Gasteiger partial charge is 0.360 e. The molecule has 1 rings (SSSR count). The van der Waals surface area contributed by atoms with Crippen LogP contribution in [0.5, 0.6) is 0 Å². The van der Waals surface area contributed by atoms with Crippen LogP contribution in [0.4, 0.5) is 0 Å². The first-order chi connectivity index (χ1) is 5.11. The van der Waals surface area contributed by atoms with E-state index >= 15 is 0 Å². The molecular formula is C7H12N2O2. The minimum atomic E-state index is -0.305. The standard InChI is InChI=1S/C7H12N2O2/c1-4(8)3-6-5(2)7(10)11-9-6/h4,9H,3,8H2,1-2H3. The molecule has 0 radical (unpaired) electrons. The molecule has 0 amide bonds. The molecule has 62 valence electrons. The fourth-order valence-corrected chi connectivity index (χ4v) is 0.901. The topological polar surface area (TPSA) is 72.0 Å². The molecule has 1 aromatic heterocycles. The third kappa shape index (κ3) is 1.71. The summed E-state index contributed by atoms with van der Waals surface area (Å²) in [4.78, 5) is 10.8. The van der Waals surface area contributed by atoms with Crippen LogP contribution in [0.25, 0.3) is 0 Å². The Morgan fingerprint density at radius 3 is 2.73 bits per heavy atom. The van der Waals surface area contributed by atoms with Crippen LogP contribution in [0.3, 0.4) is 0 Å². The first kappa shape index (κ1) is 8.07. The lowest BCUT2D eigenvalue weighted by molar-refractivity contribution is 0.383. The second-order valence-corrected chi connectivity index (χ2v) is 2.78. The molecule has 0 aliphatic carbocycles. The number of hydrogen-bond acceptors (Lipinski definition) is 3. The Hall–Kier alpha value is -1.03. The van der Waals surface area contributed by atoms with Gasteiger partial charge in [0, 0.05) is 12.5 Å². The summed E-state index contributed by atoms with van der Waals surface area (Å²) < 4.78 is 4.56. The number of aromatic nitrogens is 1. The van der Waals surface area contributed by atoms with Crippen molar-refractivity contribution in [1.29, 1.82) is 0 Å². The maximum atomic E-state index is 10.8. The van der Waals surface area contributed by atoms with Crippen molar-refractivity contribution in [3.05, 3.63) is 21.7 Å². The molecule has 1 unspecified atom stereocenters. The Kier molecular flexibility index (Phi) is 2.14. The lowest BCUT2D eigenvalue weighted by Crippen LogP contribution is -2.18. The highest BCUT2D eigenvalue weighted by Gasteiger charge is 2.07. The summed E-state index contributed by atoms with van der Waals surface area (Å²) in [7, 11) is 0. The van der Waals surface area contributed by atoms with E-state index in [0.717, 1.165) is 5.69 Å². The molecule has 0 fully saturated rings. The van der Waals surface area contributed by atoms with Gasteiger partial charge in [-0.25, -0.2) is 9.95 Å². The fourth-order valence-electron chi connectivity index (χ4n) is 0.901. The third-order valence-corrected chi connectivity index (χ3v) is 1.55. The maximum absolute atomic E-state index is 10.8. The summed E-state index contributed by atoms with van der Waals surface area (Å²) in [6, 6.07) is 0.0435. The number of aromatic amines is 1. The van der Waals surface area contributed by atoms with Gasteiger partial charge in [-0.3, -0.25) is 0 Å². The van der Waals surface area contributed by atoms with E-state index in [1.54, 1.807) is 6.92 Å². The van der Waals surface area contributed by atoms with E-state index in [2.05, 4.69) is 9.68 Å². The summed E-state index contributed by atoms with van der Waals surface area (Å²) in [5, 5.41) is 2.54. The van der Waals surface area contributed by atoms with Crippen molar-refractivity contribution in [3.8, 4) is 0 Å². The van der Waals surface area contributed by atoms with Gasteiger partial charge in [0.25, 0.3) is 0 Å². The van der Waals surface area contributed by atoms with E-state index in [1.807, 2.05) is 6.92 Å². The number of hydrogen-bond donors (Lipinski definition) is 2. The molecule has 0 bridgehead atoms. The van der Waals surface area contributed by atoms with E-state index in [-0.39, 0.29) is 11.7 Å². The zero-order valence-corrected chi connectivity index (χ0v) is 6.68. The van der Waals surface area contributed by atoms with Crippen molar-refractivity contribution >= 4 is 0 Å². The molecule has 0 aromatic carbocycles. The Morgan fingerprint density at radius 1 is 1.73 bits per heavy atom. The average Bonchev–Trinajstić information content (AvgIpc) is 2.18. The van der Waals surface area contributed by atoms with Crippen molar-refractivity contribution in [3.63, 3.8) is 0 Å². The SMILES string of the molecule is Cc1c(CC(C)N)[nH]oc1=O. The van der Waals surface area contributed by atoms with Crippen LogP contribution in [0.1, 0.15) is 18.2 Å². The van der Waals surface area contributed by atoms with Gasteiger partial charge in [-0.05, 0) is 13.8 Å². The van der Waals surface area contributed by atoms with Gasteiger partial charge in [0.15, 0.2) is 0 Å². The average molecular weight is 156 g/mol.